The molecule has 0 N–H and O–H groups in total. The van der Waals surface area contributed by atoms with Crippen LogP contribution in [0.3, 0.4) is 0 Å². The second-order valence-corrected chi connectivity index (χ2v) is 37.3. The molecule has 16 rings (SSSR count). The summed E-state index contributed by atoms with van der Waals surface area (Å²) in [7, 11) is -0.566. The molecule has 0 saturated carbocycles. The van der Waals surface area contributed by atoms with Crippen LogP contribution in [0.4, 0.5) is 0 Å². The number of halogens is 1. The minimum atomic E-state index is -0.566. The summed E-state index contributed by atoms with van der Waals surface area (Å²) in [5.41, 5.74) is 26.2. The van der Waals surface area contributed by atoms with Crippen LogP contribution in [0.15, 0.2) is 271 Å². The van der Waals surface area contributed by atoms with E-state index in [1.165, 1.54) is 57.3 Å². The molecular formula is C106H112BBrN8O3. The molecule has 2 saturated heterocycles. The molecule has 604 valence electrons. The molecule has 0 bridgehead atoms. The summed E-state index contributed by atoms with van der Waals surface area (Å²) < 4.78 is 19.3. The molecule has 0 atom stereocenters. The van der Waals surface area contributed by atoms with Gasteiger partial charge in [-0.15, -0.1) is 0 Å². The van der Waals surface area contributed by atoms with Crippen LogP contribution in [0.2, 0.25) is 0 Å². The highest BCUT2D eigenvalue weighted by Crippen LogP contribution is 2.42. The van der Waals surface area contributed by atoms with Crippen LogP contribution in [-0.2, 0) is 35.7 Å². The Balaban J connectivity index is 0.000000176. The van der Waals surface area contributed by atoms with Crippen LogP contribution in [0, 0.1) is 27.7 Å². The lowest BCUT2D eigenvalue weighted by molar-refractivity contribution is 0.00578. The summed E-state index contributed by atoms with van der Waals surface area (Å²) in [6.45, 7) is 45.9. The molecule has 0 unspecified atom stereocenters. The van der Waals surface area contributed by atoms with Crippen LogP contribution in [0.1, 0.15) is 169 Å². The second-order valence-electron chi connectivity index (χ2n) is 36.5. The number of pyridine rings is 2. The Morgan fingerprint density at radius 1 is 0.277 bits per heavy atom. The summed E-state index contributed by atoms with van der Waals surface area (Å²) in [6.07, 6.45) is 2.56. The fourth-order valence-electron chi connectivity index (χ4n) is 14.3. The molecule has 11 nitrogen and oxygen atoms in total. The van der Waals surface area contributed by atoms with Crippen LogP contribution >= 0.6 is 15.9 Å². The van der Waals surface area contributed by atoms with Crippen molar-refractivity contribution in [3.63, 3.8) is 0 Å². The van der Waals surface area contributed by atoms with Crippen molar-refractivity contribution in [1.82, 2.24) is 39.9 Å². The van der Waals surface area contributed by atoms with E-state index in [0.717, 1.165) is 113 Å². The lowest BCUT2D eigenvalue weighted by atomic mass is 9.76. The highest BCUT2D eigenvalue weighted by atomic mass is 79.9. The summed E-state index contributed by atoms with van der Waals surface area (Å²) in [6, 6.07) is 93.7. The van der Waals surface area contributed by atoms with Crippen molar-refractivity contribution < 1.29 is 14.0 Å². The predicted molar refractivity (Wildman–Crippen MR) is 499 cm³/mol. The molecule has 119 heavy (non-hydrogen) atoms. The van der Waals surface area contributed by atoms with E-state index >= 15 is 0 Å². The van der Waals surface area contributed by atoms with E-state index < -0.39 is 18.3 Å². The van der Waals surface area contributed by atoms with Gasteiger partial charge in [-0.1, -0.05) is 295 Å². The van der Waals surface area contributed by atoms with E-state index in [1.807, 2.05) is 154 Å². The van der Waals surface area contributed by atoms with Crippen molar-refractivity contribution in [3.05, 3.63) is 316 Å². The van der Waals surface area contributed by atoms with Crippen LogP contribution in [-0.4, -0.2) is 71.4 Å². The van der Waals surface area contributed by atoms with Gasteiger partial charge in [0.2, 0.25) is 0 Å². The van der Waals surface area contributed by atoms with Gasteiger partial charge in [-0.05, 0) is 238 Å². The van der Waals surface area contributed by atoms with Gasteiger partial charge in [0.15, 0.2) is 34.9 Å². The monoisotopic (exact) mass is 1630 g/mol. The SMILES string of the molecule is C1CCOC1.CC(C)(C)c1cc(-c2cccc(-c3cc(B4OC(C)(C)C(C)(C)O4)cc(-c4nc(-c5ccccc5)nc(-c5ccccc5)n4)c3)c2)cc(C(C)(C)C)c1.Cc1ccc(-c2cc(-c3cccc(-c4cc(C(C)(C)C)cc(C(C)(C)C)c4)c3)cc(-c3nc(-c4ccccc4)nc(-c4ccccc4)n3)c2)c(C)n1.Cc1ccc(Br)c(C)n1. The van der Waals surface area contributed by atoms with E-state index in [0.29, 0.717) is 34.9 Å². The van der Waals surface area contributed by atoms with Gasteiger partial charge in [-0.25, -0.2) is 29.9 Å². The zero-order valence-corrected chi connectivity index (χ0v) is 74.6. The smallest absolute Gasteiger partial charge is 0.399 e. The number of nitrogens with zero attached hydrogens (tertiary/aromatic N) is 8. The van der Waals surface area contributed by atoms with Crippen molar-refractivity contribution in [3.8, 4) is 124 Å². The fourth-order valence-corrected chi connectivity index (χ4v) is 14.5. The van der Waals surface area contributed by atoms with Crippen molar-refractivity contribution >= 4 is 28.5 Å². The van der Waals surface area contributed by atoms with Crippen molar-refractivity contribution in [2.45, 2.75) is 184 Å². The first-order valence-electron chi connectivity index (χ1n) is 41.5. The van der Waals surface area contributed by atoms with Crippen LogP contribution < -0.4 is 5.46 Å². The topological polar surface area (TPSA) is 131 Å². The summed E-state index contributed by atoms with van der Waals surface area (Å²) >= 11 is 3.37. The Labute approximate surface area is 715 Å². The maximum atomic E-state index is 6.63. The van der Waals surface area contributed by atoms with Gasteiger partial charge in [-0.3, -0.25) is 9.97 Å². The Morgan fingerprint density at radius 2 is 0.555 bits per heavy atom. The summed E-state index contributed by atoms with van der Waals surface area (Å²) in [5, 5.41) is 0. The first kappa shape index (κ1) is 85.8. The molecule has 2 fully saturated rings. The van der Waals surface area contributed by atoms with Crippen molar-refractivity contribution in [2.24, 2.45) is 0 Å². The van der Waals surface area contributed by atoms with Gasteiger partial charge >= 0.3 is 7.12 Å². The van der Waals surface area contributed by atoms with E-state index in [-0.39, 0.29) is 21.7 Å². The number of aryl methyl sites for hydroxylation is 4. The largest absolute Gasteiger partial charge is 0.494 e. The number of benzene rings is 10. The van der Waals surface area contributed by atoms with Gasteiger partial charge in [0.05, 0.1) is 16.9 Å². The zero-order chi connectivity index (χ0) is 84.8. The minimum Gasteiger partial charge on any atom is -0.399 e. The predicted octanol–water partition coefficient (Wildman–Crippen LogP) is 26.8. The lowest BCUT2D eigenvalue weighted by Gasteiger charge is -2.32. The van der Waals surface area contributed by atoms with Gasteiger partial charge in [-0.2, -0.15) is 0 Å². The van der Waals surface area contributed by atoms with Crippen molar-refractivity contribution in [2.75, 3.05) is 13.2 Å². The number of aromatic nitrogens is 8. The highest BCUT2D eigenvalue weighted by Gasteiger charge is 2.52. The number of rotatable bonds is 12. The summed E-state index contributed by atoms with van der Waals surface area (Å²) in [5.74, 6) is 3.72. The van der Waals surface area contributed by atoms with Crippen LogP contribution in [0.25, 0.3) is 124 Å². The van der Waals surface area contributed by atoms with Gasteiger partial charge in [0.1, 0.15) is 0 Å². The minimum absolute atomic E-state index is 0.0153. The Bertz CT molecular complexity index is 5700. The van der Waals surface area contributed by atoms with Gasteiger partial charge in [0.25, 0.3) is 0 Å². The van der Waals surface area contributed by atoms with Crippen LogP contribution in [0.5, 0.6) is 0 Å². The molecular weight excluding hydrogens is 1520 g/mol. The molecule has 0 radical (unpaired) electrons. The quantitative estimate of drug-likeness (QED) is 0.108. The number of hydrogen-bond donors (Lipinski definition) is 0. The third-order valence-electron chi connectivity index (χ3n) is 22.2. The fraction of sp³-hybridized carbons (Fsp3) is 0.283. The molecule has 6 heterocycles. The summed E-state index contributed by atoms with van der Waals surface area (Å²) in [4.78, 5) is 39.3. The first-order valence-corrected chi connectivity index (χ1v) is 42.3. The average molecular weight is 1640 g/mol. The molecule has 0 aliphatic carbocycles. The number of ether oxygens (including phenoxy) is 1. The Kier molecular flexibility index (Phi) is 25.9. The van der Waals surface area contributed by atoms with Gasteiger partial charge < -0.3 is 14.0 Å². The molecule has 0 spiro atoms. The van der Waals surface area contributed by atoms with E-state index in [2.05, 4.69) is 272 Å². The first-order chi connectivity index (χ1) is 56.5. The average Bonchev–Trinajstić information content (AvgIpc) is 1.72. The van der Waals surface area contributed by atoms with E-state index in [4.69, 9.17) is 48.9 Å². The molecule has 14 aromatic rings. The molecule has 13 heteroatoms. The maximum Gasteiger partial charge on any atom is 0.494 e. The molecule has 2 aliphatic rings. The lowest BCUT2D eigenvalue weighted by Crippen LogP contribution is -2.41. The standard InChI is InChI=1S/C48H46N4.C47H50BN3O2.C7H8BrN.C4H8O/c1-31-22-23-43(32(2)49-31)39-25-37(35-20-15-21-36(24-35)38-28-41(47(3,4)5)30-42(29-38)48(6,7)8)26-40(27-39)46-51-44(33-16-11-9-12-17-33)50-45(52-46)34-18-13-10-14-19-34;1-44(2,3)38-26-36(27-39(30-38)45(4,5)6)34-23-17-22-33(24-34)35-25-37(29-40(28-35)48-52-46(7,8)47(9,10)53-48)43-50-41(31-18-13-11-14-19-31)49-42(51-43)32-20-15-12-16-21-32;1-5-3-4-7(8)6(2)9-5;1-2-4-5-3-1/h9-30H,1-8H3;11-30H,1-10H3;3-4H,1-2H3;1-4H2. The second kappa shape index (κ2) is 35.9. The Morgan fingerprint density at radius 3 is 0.874 bits per heavy atom. The normalized spacial score (nSPS) is 13.8. The van der Waals surface area contributed by atoms with Gasteiger partial charge in [0, 0.05) is 73.7 Å². The van der Waals surface area contributed by atoms with Crippen molar-refractivity contribution in [1.29, 1.82) is 0 Å². The molecule has 10 aromatic carbocycles. The zero-order valence-electron chi connectivity index (χ0n) is 73.0. The number of hydrogen-bond acceptors (Lipinski definition) is 11. The third-order valence-corrected chi connectivity index (χ3v) is 23.1. The highest BCUT2D eigenvalue weighted by molar-refractivity contribution is 9.10. The molecule has 4 aromatic heterocycles. The third kappa shape index (κ3) is 21.3. The van der Waals surface area contributed by atoms with E-state index in [9.17, 15) is 0 Å². The molecule has 2 aliphatic heterocycles. The Hall–Kier alpha value is -11.1. The van der Waals surface area contributed by atoms with E-state index in [1.54, 1.807) is 0 Å². The maximum absolute atomic E-state index is 6.63. The molecule has 0 amide bonds.